The molecule has 0 aromatic carbocycles. The fourth-order valence-corrected chi connectivity index (χ4v) is 2.25. The van der Waals surface area contributed by atoms with E-state index in [0.29, 0.717) is 6.04 Å². The molecule has 0 saturated carbocycles. The molecular weight excluding hydrogens is 218 g/mol. The van der Waals surface area contributed by atoms with Crippen LogP contribution in [0.5, 0.6) is 0 Å². The molecule has 106 valence electrons. The average Bonchev–Trinajstić information content (AvgIpc) is 2.28. The summed E-state index contributed by atoms with van der Waals surface area (Å²) in [6, 6.07) is 0.571. The van der Waals surface area contributed by atoms with Crippen LogP contribution in [0, 0.1) is 23.2 Å². The lowest BCUT2D eigenvalue weighted by molar-refractivity contribution is 0.325. The molecule has 1 N–H and O–H groups in total. The van der Waals surface area contributed by atoms with E-state index in [1.165, 1.54) is 25.7 Å². The molecule has 0 saturated heterocycles. The second-order valence-corrected chi connectivity index (χ2v) is 6.23. The van der Waals surface area contributed by atoms with Crippen LogP contribution in [-0.2, 0) is 0 Å². The fourth-order valence-electron chi connectivity index (χ4n) is 2.25. The van der Waals surface area contributed by atoms with E-state index in [0.717, 1.165) is 18.9 Å². The second kappa shape index (κ2) is 9.45. The average molecular weight is 251 g/mol. The Morgan fingerprint density at radius 2 is 1.78 bits per heavy atom. The number of hydrogen-bond donors (Lipinski definition) is 1. The van der Waals surface area contributed by atoms with E-state index in [9.17, 15) is 0 Å². The molecule has 0 radical (unpaired) electrons. The van der Waals surface area contributed by atoms with Crippen molar-refractivity contribution in [2.75, 3.05) is 6.54 Å². The molecule has 0 heterocycles. The minimum atomic E-state index is 0.127. The fraction of sp³-hybridized carbons (Fsp3) is 0.882. The predicted octanol–water partition coefficient (Wildman–Crippen LogP) is 4.62. The molecule has 0 aliphatic heterocycles. The molecule has 0 aliphatic rings. The van der Waals surface area contributed by atoms with Gasteiger partial charge >= 0.3 is 0 Å². The molecule has 2 atom stereocenters. The van der Waals surface area contributed by atoms with Gasteiger partial charge in [0, 0.05) is 17.9 Å². The van der Waals surface area contributed by atoms with Crippen molar-refractivity contribution in [3.05, 3.63) is 0 Å². The molecule has 0 amide bonds. The number of unbranched alkanes of at least 4 members (excludes halogenated alkanes) is 1. The van der Waals surface area contributed by atoms with E-state index in [2.05, 4.69) is 58.7 Å². The van der Waals surface area contributed by atoms with Crippen LogP contribution in [-0.4, -0.2) is 12.6 Å². The van der Waals surface area contributed by atoms with Gasteiger partial charge in [-0.05, 0) is 39.7 Å². The van der Waals surface area contributed by atoms with Crippen molar-refractivity contribution in [1.29, 1.82) is 0 Å². The van der Waals surface area contributed by atoms with Crippen molar-refractivity contribution >= 4 is 0 Å². The summed E-state index contributed by atoms with van der Waals surface area (Å²) in [4.78, 5) is 0. The van der Waals surface area contributed by atoms with Gasteiger partial charge in [-0.3, -0.25) is 0 Å². The van der Waals surface area contributed by atoms with Gasteiger partial charge in [0.15, 0.2) is 0 Å². The zero-order valence-corrected chi connectivity index (χ0v) is 13.4. The Morgan fingerprint density at radius 3 is 2.22 bits per heavy atom. The lowest BCUT2D eigenvalue weighted by Gasteiger charge is -2.25. The summed E-state index contributed by atoms with van der Waals surface area (Å²) in [7, 11) is 0. The smallest absolute Gasteiger partial charge is 0.0246 e. The molecular formula is C17H33N. The quantitative estimate of drug-likeness (QED) is 0.621. The minimum Gasteiger partial charge on any atom is -0.313 e. The third kappa shape index (κ3) is 8.59. The lowest BCUT2D eigenvalue weighted by Crippen LogP contribution is -2.35. The van der Waals surface area contributed by atoms with Gasteiger partial charge in [-0.15, -0.1) is 5.92 Å². The molecule has 1 heteroatoms. The van der Waals surface area contributed by atoms with E-state index < -0.39 is 0 Å². The van der Waals surface area contributed by atoms with E-state index in [1.54, 1.807) is 0 Å². The molecule has 0 fully saturated rings. The molecule has 18 heavy (non-hydrogen) atoms. The third-order valence-corrected chi connectivity index (χ3v) is 3.27. The van der Waals surface area contributed by atoms with E-state index in [4.69, 9.17) is 0 Å². The summed E-state index contributed by atoms with van der Waals surface area (Å²) in [5.41, 5.74) is 0.127. The highest BCUT2D eigenvalue weighted by atomic mass is 14.9. The largest absolute Gasteiger partial charge is 0.313 e. The zero-order chi connectivity index (χ0) is 14.0. The van der Waals surface area contributed by atoms with Crippen molar-refractivity contribution in [1.82, 2.24) is 5.32 Å². The van der Waals surface area contributed by atoms with Gasteiger partial charge < -0.3 is 5.32 Å². The van der Waals surface area contributed by atoms with Crippen LogP contribution in [0.15, 0.2) is 0 Å². The van der Waals surface area contributed by atoms with Crippen LogP contribution in [0.25, 0.3) is 0 Å². The third-order valence-electron chi connectivity index (χ3n) is 3.27. The maximum absolute atomic E-state index is 3.63. The van der Waals surface area contributed by atoms with E-state index in [1.807, 2.05) is 0 Å². The van der Waals surface area contributed by atoms with Gasteiger partial charge in [-0.2, -0.15) is 0 Å². The molecule has 0 spiro atoms. The Labute approximate surface area is 115 Å². The normalized spacial score (nSPS) is 14.8. The summed E-state index contributed by atoms with van der Waals surface area (Å²) in [6.07, 6.45) is 6.22. The maximum Gasteiger partial charge on any atom is 0.0246 e. The van der Waals surface area contributed by atoms with Crippen LogP contribution in [0.3, 0.4) is 0 Å². The van der Waals surface area contributed by atoms with Crippen molar-refractivity contribution < 1.29 is 0 Å². The minimum absolute atomic E-state index is 0.127. The molecule has 0 aliphatic carbocycles. The maximum atomic E-state index is 3.63. The van der Waals surface area contributed by atoms with Crippen LogP contribution < -0.4 is 5.32 Å². The first-order valence-electron chi connectivity index (χ1n) is 7.68. The van der Waals surface area contributed by atoms with E-state index in [-0.39, 0.29) is 5.41 Å². The van der Waals surface area contributed by atoms with Crippen LogP contribution in [0.4, 0.5) is 0 Å². The number of rotatable bonds is 8. The Balaban J connectivity index is 4.45. The van der Waals surface area contributed by atoms with Gasteiger partial charge in [0.05, 0.1) is 0 Å². The molecule has 0 aromatic rings. The predicted molar refractivity (Wildman–Crippen MR) is 82.6 cm³/mol. The van der Waals surface area contributed by atoms with Crippen molar-refractivity contribution in [2.24, 2.45) is 11.3 Å². The van der Waals surface area contributed by atoms with Gasteiger partial charge in [0.1, 0.15) is 0 Å². The topological polar surface area (TPSA) is 12.0 Å². The van der Waals surface area contributed by atoms with Crippen molar-refractivity contribution in [2.45, 2.75) is 79.7 Å². The number of hydrogen-bond acceptors (Lipinski definition) is 1. The summed E-state index contributed by atoms with van der Waals surface area (Å²) in [6.45, 7) is 14.3. The molecule has 1 nitrogen and oxygen atoms in total. The molecule has 2 unspecified atom stereocenters. The Hall–Kier alpha value is -0.480. The lowest BCUT2D eigenvalue weighted by atomic mass is 9.89. The van der Waals surface area contributed by atoms with Crippen molar-refractivity contribution in [3.63, 3.8) is 0 Å². The van der Waals surface area contributed by atoms with Crippen LogP contribution in [0.1, 0.15) is 73.6 Å². The highest BCUT2D eigenvalue weighted by Gasteiger charge is 2.17. The van der Waals surface area contributed by atoms with Gasteiger partial charge in [0.2, 0.25) is 0 Å². The summed E-state index contributed by atoms with van der Waals surface area (Å²) < 4.78 is 0. The first kappa shape index (κ1) is 17.5. The summed E-state index contributed by atoms with van der Waals surface area (Å²) >= 11 is 0. The Kier molecular flexibility index (Phi) is 9.20. The summed E-state index contributed by atoms with van der Waals surface area (Å²) in [5.74, 6) is 7.52. The monoisotopic (exact) mass is 251 g/mol. The highest BCUT2D eigenvalue weighted by Crippen LogP contribution is 2.19. The highest BCUT2D eigenvalue weighted by molar-refractivity contribution is 5.08. The molecule has 0 rings (SSSR count). The van der Waals surface area contributed by atoms with Gasteiger partial charge in [-0.25, -0.2) is 0 Å². The second-order valence-electron chi connectivity index (χ2n) is 6.23. The zero-order valence-electron chi connectivity index (χ0n) is 13.4. The first-order valence-corrected chi connectivity index (χ1v) is 7.68. The number of nitrogens with one attached hydrogen (secondary N) is 1. The molecule has 0 bridgehead atoms. The molecule has 0 aromatic heterocycles. The van der Waals surface area contributed by atoms with Crippen molar-refractivity contribution in [3.8, 4) is 11.8 Å². The Morgan fingerprint density at radius 1 is 1.11 bits per heavy atom. The van der Waals surface area contributed by atoms with E-state index >= 15 is 0 Å². The van der Waals surface area contributed by atoms with Gasteiger partial charge in [-0.1, -0.05) is 46.0 Å². The van der Waals surface area contributed by atoms with Gasteiger partial charge in [0.25, 0.3) is 0 Å². The SMILES string of the molecule is CCCCC(CC)C(CC#CC(C)(C)C)NCC. The Bertz CT molecular complexity index is 251. The van der Waals surface area contributed by atoms with Crippen LogP contribution >= 0.6 is 0 Å². The standard InChI is InChI=1S/C17H33N/c1-7-10-12-15(8-2)16(18-9-3)13-11-14-17(4,5)6/h15-16,18H,7-10,12-13H2,1-6H3. The summed E-state index contributed by atoms with van der Waals surface area (Å²) in [5, 5.41) is 3.63. The first-order chi connectivity index (χ1) is 8.44. The van der Waals surface area contributed by atoms with Crippen LogP contribution in [0.2, 0.25) is 0 Å².